The number of hydrogen-bond acceptors (Lipinski definition) is 5. The molecule has 0 rings (SSSR count). The zero-order valence-electron chi connectivity index (χ0n) is 36.1. The second kappa shape index (κ2) is 42.5. The maximum atomic E-state index is 13.1. The van der Waals surface area contributed by atoms with Gasteiger partial charge in [0.25, 0.3) is 0 Å². The van der Waals surface area contributed by atoms with Gasteiger partial charge in [0.05, 0.1) is 25.2 Å². The number of rotatable bonds is 42. The molecule has 0 bridgehead atoms. The number of carbonyl (C=O) groups excluding carboxylic acids is 2. The average Bonchev–Trinajstić information content (AvgIpc) is 3.16. The highest BCUT2D eigenvalue weighted by atomic mass is 16.5. The predicted octanol–water partition coefficient (Wildman–Crippen LogP) is 13.6. The van der Waals surface area contributed by atoms with Crippen molar-refractivity contribution in [3.63, 3.8) is 0 Å². The molecule has 0 aromatic rings. The Morgan fingerprint density at radius 2 is 1.00 bits per heavy atom. The molecule has 0 aliphatic carbocycles. The summed E-state index contributed by atoms with van der Waals surface area (Å²) >= 11 is 0. The number of hydrogen-bond donors (Lipinski definition) is 3. The molecular formula is C48H91NO5. The third kappa shape index (κ3) is 37.3. The Hall–Kier alpha value is -1.66. The molecule has 0 aliphatic heterocycles. The molecule has 1 amide bonds. The van der Waals surface area contributed by atoms with E-state index in [0.29, 0.717) is 19.3 Å². The normalized spacial score (nSPS) is 13.5. The van der Waals surface area contributed by atoms with E-state index in [1.807, 2.05) is 0 Å². The lowest BCUT2D eigenvalue weighted by molar-refractivity contribution is -0.151. The summed E-state index contributed by atoms with van der Waals surface area (Å²) in [6.45, 7) is 6.36. The molecule has 0 spiro atoms. The summed E-state index contributed by atoms with van der Waals surface area (Å²) in [5.41, 5.74) is 0. The van der Waals surface area contributed by atoms with Crippen LogP contribution in [0.5, 0.6) is 0 Å². The van der Waals surface area contributed by atoms with Gasteiger partial charge in [-0.15, -0.1) is 0 Å². The van der Waals surface area contributed by atoms with Crippen molar-refractivity contribution in [2.75, 3.05) is 6.61 Å². The van der Waals surface area contributed by atoms with Crippen LogP contribution in [0, 0.1) is 0 Å². The van der Waals surface area contributed by atoms with E-state index in [4.69, 9.17) is 4.74 Å². The molecule has 3 unspecified atom stereocenters. The summed E-state index contributed by atoms with van der Waals surface area (Å²) in [7, 11) is 0. The fourth-order valence-electron chi connectivity index (χ4n) is 7.23. The van der Waals surface area contributed by atoms with E-state index in [-0.39, 0.29) is 24.9 Å². The van der Waals surface area contributed by atoms with E-state index in [9.17, 15) is 19.8 Å². The number of carbonyl (C=O) groups is 2. The molecule has 0 aromatic heterocycles. The lowest BCUT2D eigenvalue weighted by atomic mass is 10.0. The lowest BCUT2D eigenvalue weighted by Gasteiger charge is -2.24. The Kier molecular flexibility index (Phi) is 41.2. The lowest BCUT2D eigenvalue weighted by Crippen LogP contribution is -2.46. The smallest absolute Gasteiger partial charge is 0.306 e. The predicted molar refractivity (Wildman–Crippen MR) is 232 cm³/mol. The molecule has 3 N–H and O–H groups in total. The summed E-state index contributed by atoms with van der Waals surface area (Å²) in [4.78, 5) is 26.0. The minimum atomic E-state index is -0.782. The van der Waals surface area contributed by atoms with Gasteiger partial charge in [-0.1, -0.05) is 206 Å². The standard InChI is InChI=1S/C48H91NO5/c1-4-7-10-13-16-19-22-23-24-26-29-32-35-38-41-48(53)54-44(39-36-33-30-27-25-20-17-14-11-8-5-2)42-47(52)49-45(43-50)46(51)40-37-34-31-28-21-18-15-12-9-6-3/h7,10,16,19,44-46,50-51H,4-6,8-9,11-15,17-18,20-43H2,1-3H3,(H,49,52)/b10-7+,19-16+. The van der Waals surface area contributed by atoms with E-state index in [2.05, 4.69) is 50.4 Å². The van der Waals surface area contributed by atoms with E-state index in [1.165, 1.54) is 135 Å². The third-order valence-electron chi connectivity index (χ3n) is 10.8. The van der Waals surface area contributed by atoms with Crippen molar-refractivity contribution in [2.24, 2.45) is 0 Å². The summed E-state index contributed by atoms with van der Waals surface area (Å²) in [6, 6.07) is -0.696. The van der Waals surface area contributed by atoms with Gasteiger partial charge in [0, 0.05) is 6.42 Å². The first-order valence-electron chi connectivity index (χ1n) is 23.6. The molecule has 54 heavy (non-hydrogen) atoms. The van der Waals surface area contributed by atoms with Gasteiger partial charge >= 0.3 is 5.97 Å². The molecule has 318 valence electrons. The minimum Gasteiger partial charge on any atom is -0.462 e. The minimum absolute atomic E-state index is 0.0790. The summed E-state index contributed by atoms with van der Waals surface area (Å²) in [5.74, 6) is -0.475. The Labute approximate surface area is 335 Å². The van der Waals surface area contributed by atoms with Crippen LogP contribution >= 0.6 is 0 Å². The largest absolute Gasteiger partial charge is 0.462 e. The van der Waals surface area contributed by atoms with Gasteiger partial charge in [-0.25, -0.2) is 0 Å². The number of ether oxygens (including phenoxy) is 1. The fraction of sp³-hybridized carbons (Fsp3) is 0.875. The van der Waals surface area contributed by atoms with Gasteiger partial charge in [0.15, 0.2) is 0 Å². The van der Waals surface area contributed by atoms with E-state index in [0.717, 1.165) is 64.2 Å². The van der Waals surface area contributed by atoms with Crippen molar-refractivity contribution in [1.82, 2.24) is 5.32 Å². The van der Waals surface area contributed by atoms with Crippen LogP contribution < -0.4 is 5.32 Å². The second-order valence-corrected chi connectivity index (χ2v) is 16.1. The van der Waals surface area contributed by atoms with Gasteiger partial charge in [-0.05, 0) is 51.4 Å². The highest BCUT2D eigenvalue weighted by molar-refractivity contribution is 5.77. The summed E-state index contributed by atoms with van der Waals surface area (Å²) in [5, 5.41) is 23.6. The first kappa shape index (κ1) is 52.3. The highest BCUT2D eigenvalue weighted by Crippen LogP contribution is 2.18. The van der Waals surface area contributed by atoms with Crippen LogP contribution in [-0.2, 0) is 14.3 Å². The number of amides is 1. The monoisotopic (exact) mass is 762 g/mol. The summed E-state index contributed by atoms with van der Waals surface area (Å²) < 4.78 is 5.91. The SMILES string of the molecule is CC/C=C/C/C=C/CCCCCCCCCC(=O)OC(CCCCCCCCCCCCC)CC(=O)NC(CO)C(O)CCCCCCCCCCCC. The number of aliphatic hydroxyl groups is 2. The topological polar surface area (TPSA) is 95.9 Å². The molecule has 0 aliphatic rings. The number of esters is 1. The van der Waals surface area contributed by atoms with Gasteiger partial charge in [0.1, 0.15) is 6.10 Å². The molecule has 3 atom stereocenters. The van der Waals surface area contributed by atoms with Crippen molar-refractivity contribution in [1.29, 1.82) is 0 Å². The van der Waals surface area contributed by atoms with Gasteiger partial charge < -0.3 is 20.3 Å². The molecule has 6 nitrogen and oxygen atoms in total. The fourth-order valence-corrected chi connectivity index (χ4v) is 7.23. The molecule has 0 saturated heterocycles. The zero-order chi connectivity index (χ0) is 39.6. The number of aliphatic hydroxyl groups excluding tert-OH is 2. The zero-order valence-corrected chi connectivity index (χ0v) is 36.1. The van der Waals surface area contributed by atoms with Crippen molar-refractivity contribution in [3.05, 3.63) is 24.3 Å². The highest BCUT2D eigenvalue weighted by Gasteiger charge is 2.24. The van der Waals surface area contributed by atoms with Crippen LogP contribution in [0.2, 0.25) is 0 Å². The van der Waals surface area contributed by atoms with Crippen molar-refractivity contribution in [2.45, 2.75) is 264 Å². The Morgan fingerprint density at radius 1 is 0.556 bits per heavy atom. The maximum absolute atomic E-state index is 13.1. The maximum Gasteiger partial charge on any atom is 0.306 e. The average molecular weight is 762 g/mol. The number of nitrogens with one attached hydrogen (secondary N) is 1. The second-order valence-electron chi connectivity index (χ2n) is 16.1. The van der Waals surface area contributed by atoms with Crippen LogP contribution in [0.4, 0.5) is 0 Å². The molecule has 0 fully saturated rings. The first-order valence-corrected chi connectivity index (χ1v) is 23.6. The quantitative estimate of drug-likeness (QED) is 0.0327. The number of allylic oxidation sites excluding steroid dienone is 4. The van der Waals surface area contributed by atoms with Crippen molar-refractivity contribution >= 4 is 11.9 Å². The van der Waals surface area contributed by atoms with Crippen molar-refractivity contribution in [3.8, 4) is 0 Å². The molecule has 0 heterocycles. The molecule has 0 radical (unpaired) electrons. The molecular weight excluding hydrogens is 671 g/mol. The van der Waals surface area contributed by atoms with Gasteiger partial charge in [-0.3, -0.25) is 9.59 Å². The Morgan fingerprint density at radius 3 is 1.50 bits per heavy atom. The van der Waals surface area contributed by atoms with E-state index in [1.54, 1.807) is 0 Å². The first-order chi connectivity index (χ1) is 26.5. The molecule has 0 aromatic carbocycles. The molecule has 6 heteroatoms. The summed E-state index contributed by atoms with van der Waals surface area (Å²) in [6.07, 6.45) is 46.6. The number of unbranched alkanes of at least 4 members (excludes halogenated alkanes) is 26. The van der Waals surface area contributed by atoms with Crippen LogP contribution in [0.25, 0.3) is 0 Å². The van der Waals surface area contributed by atoms with E-state index >= 15 is 0 Å². The van der Waals surface area contributed by atoms with Crippen LogP contribution in [0.15, 0.2) is 24.3 Å². The van der Waals surface area contributed by atoms with Crippen LogP contribution in [0.1, 0.15) is 245 Å². The van der Waals surface area contributed by atoms with Crippen molar-refractivity contribution < 1.29 is 24.5 Å². The third-order valence-corrected chi connectivity index (χ3v) is 10.8. The van der Waals surface area contributed by atoms with E-state index < -0.39 is 18.2 Å². The van der Waals surface area contributed by atoms with Gasteiger partial charge in [0.2, 0.25) is 5.91 Å². The van der Waals surface area contributed by atoms with Gasteiger partial charge in [-0.2, -0.15) is 0 Å². The molecule has 0 saturated carbocycles. The Bertz CT molecular complexity index is 858. The Balaban J connectivity index is 4.55. The van der Waals surface area contributed by atoms with Crippen LogP contribution in [-0.4, -0.2) is 46.9 Å². The van der Waals surface area contributed by atoms with Crippen LogP contribution in [0.3, 0.4) is 0 Å².